The number of hydrogen-bond acceptors (Lipinski definition) is 1. The van der Waals surface area contributed by atoms with Crippen molar-refractivity contribution >= 4 is 19.0 Å². The van der Waals surface area contributed by atoms with Crippen molar-refractivity contribution in [2.24, 2.45) is 0 Å². The molecule has 0 radical (unpaired) electrons. The molecule has 5 heteroatoms. The van der Waals surface area contributed by atoms with Crippen LogP contribution in [0.25, 0.3) is 0 Å². The lowest BCUT2D eigenvalue weighted by molar-refractivity contribution is 0.476. The van der Waals surface area contributed by atoms with E-state index in [1.54, 1.807) is 0 Å². The highest BCUT2D eigenvalue weighted by Crippen LogP contribution is 2.70. The van der Waals surface area contributed by atoms with Gasteiger partial charge in [0.1, 0.15) is 0 Å². The van der Waals surface area contributed by atoms with Crippen molar-refractivity contribution in [1.82, 2.24) is 0 Å². The van der Waals surface area contributed by atoms with Gasteiger partial charge < -0.3 is 4.89 Å². The molecule has 0 bridgehead atoms. The first-order valence-electron chi connectivity index (χ1n) is 12.8. The fourth-order valence-electron chi connectivity index (χ4n) is 6.25. The summed E-state index contributed by atoms with van der Waals surface area (Å²) in [6, 6.07) is 28.0. The van der Waals surface area contributed by atoms with Gasteiger partial charge in [-0.05, 0) is 74.9 Å². The Morgan fingerprint density at radius 2 is 0.865 bits per heavy atom. The van der Waals surface area contributed by atoms with E-state index in [9.17, 15) is 4.89 Å². The molecule has 2 atom stereocenters. The van der Waals surface area contributed by atoms with Crippen LogP contribution in [0.4, 0.5) is 11.4 Å². The van der Waals surface area contributed by atoms with E-state index in [0.29, 0.717) is 0 Å². The summed E-state index contributed by atoms with van der Waals surface area (Å²) in [6.45, 7) is 12.3. The summed E-state index contributed by atoms with van der Waals surface area (Å²) < 4.78 is 18.7. The SMILES string of the molecule is Cc1cc(C)c(N2[C@H](c3ccccc3)[C@@H](c3ccccc3)N(c3c(C)cc(C)cc3C)P2(=O)O)c(C)c1. The highest BCUT2D eigenvalue weighted by molar-refractivity contribution is 7.62. The second kappa shape index (κ2) is 9.52. The second-order valence-electron chi connectivity index (χ2n) is 10.4. The molecule has 0 spiro atoms. The molecule has 1 heterocycles. The molecule has 1 saturated heterocycles. The van der Waals surface area contributed by atoms with Gasteiger partial charge in [-0.15, -0.1) is 0 Å². The first-order valence-corrected chi connectivity index (χ1v) is 14.4. The third-order valence-corrected chi connectivity index (χ3v) is 9.42. The Morgan fingerprint density at radius 1 is 0.568 bits per heavy atom. The summed E-state index contributed by atoms with van der Waals surface area (Å²) in [5, 5.41) is 0. The average Bonchev–Trinajstić information content (AvgIpc) is 3.06. The summed E-state index contributed by atoms with van der Waals surface area (Å²) in [4.78, 5) is 12.3. The van der Waals surface area contributed by atoms with E-state index in [1.807, 2.05) is 73.4 Å². The van der Waals surface area contributed by atoms with Gasteiger partial charge in [-0.25, -0.2) is 4.57 Å². The van der Waals surface area contributed by atoms with Crippen molar-refractivity contribution in [2.75, 3.05) is 9.34 Å². The number of aryl methyl sites for hydroxylation is 6. The predicted molar refractivity (Wildman–Crippen MR) is 154 cm³/mol. The van der Waals surface area contributed by atoms with E-state index >= 15 is 4.57 Å². The smallest absolute Gasteiger partial charge is 0.313 e. The maximum atomic E-state index is 15.0. The van der Waals surface area contributed by atoms with Crippen molar-refractivity contribution < 1.29 is 9.46 Å². The Hall–Kier alpha value is -3.33. The molecule has 0 aliphatic carbocycles. The Kier molecular flexibility index (Phi) is 6.52. The van der Waals surface area contributed by atoms with Gasteiger partial charge in [-0.1, -0.05) is 96.1 Å². The minimum absolute atomic E-state index is 0.375. The van der Waals surface area contributed by atoms with Crippen molar-refractivity contribution in [3.8, 4) is 0 Å². The Morgan fingerprint density at radius 3 is 1.16 bits per heavy atom. The Labute approximate surface area is 220 Å². The van der Waals surface area contributed by atoms with Gasteiger partial charge >= 0.3 is 7.67 Å². The molecule has 0 unspecified atom stereocenters. The summed E-state index contributed by atoms with van der Waals surface area (Å²) in [5.74, 6) is 0. The Bertz CT molecular complexity index is 1340. The molecule has 4 nitrogen and oxygen atoms in total. The number of rotatable bonds is 4. The summed E-state index contributed by atoms with van der Waals surface area (Å²) in [7, 11) is -4.12. The standard InChI is InChI=1S/C32H35N2O2P/c1-21-17-23(3)29(24(4)18-21)33-31(27-13-9-7-10-14-27)32(28-15-11-8-12-16-28)34(37(33,35)36)30-25(5)19-22(2)20-26(30)6/h7-20,31-32H,1-6H3,(H,35,36)/t31-,32-/m1/s1. The minimum Gasteiger partial charge on any atom is -0.313 e. The van der Waals surface area contributed by atoms with Gasteiger partial charge in [0.15, 0.2) is 0 Å². The molecule has 1 N–H and O–H groups in total. The van der Waals surface area contributed by atoms with Gasteiger partial charge in [0.25, 0.3) is 0 Å². The van der Waals surface area contributed by atoms with E-state index in [-0.39, 0.29) is 12.1 Å². The monoisotopic (exact) mass is 510 g/mol. The van der Waals surface area contributed by atoms with E-state index in [4.69, 9.17) is 0 Å². The molecule has 1 aliphatic rings. The van der Waals surface area contributed by atoms with Gasteiger partial charge in [0.2, 0.25) is 0 Å². The zero-order valence-electron chi connectivity index (χ0n) is 22.4. The number of nitrogens with zero attached hydrogens (tertiary/aromatic N) is 2. The van der Waals surface area contributed by atoms with Gasteiger partial charge in [0, 0.05) is 0 Å². The van der Waals surface area contributed by atoms with Crippen LogP contribution in [-0.2, 0) is 4.57 Å². The van der Waals surface area contributed by atoms with Crippen LogP contribution in [0.3, 0.4) is 0 Å². The van der Waals surface area contributed by atoms with Crippen LogP contribution in [0.2, 0.25) is 0 Å². The maximum Gasteiger partial charge on any atom is 0.395 e. The molecule has 4 aromatic carbocycles. The molecule has 0 amide bonds. The maximum absolute atomic E-state index is 15.0. The third-order valence-electron chi connectivity index (χ3n) is 7.40. The molecule has 37 heavy (non-hydrogen) atoms. The third kappa shape index (κ3) is 4.29. The van der Waals surface area contributed by atoms with Crippen molar-refractivity contribution in [1.29, 1.82) is 0 Å². The van der Waals surface area contributed by atoms with Crippen molar-refractivity contribution in [2.45, 2.75) is 53.6 Å². The van der Waals surface area contributed by atoms with Gasteiger partial charge in [-0.3, -0.25) is 9.34 Å². The average molecular weight is 511 g/mol. The lowest BCUT2D eigenvalue weighted by Gasteiger charge is -2.33. The second-order valence-corrected chi connectivity index (χ2v) is 12.3. The molecule has 5 rings (SSSR count). The van der Waals surface area contributed by atoms with E-state index in [1.165, 1.54) is 0 Å². The van der Waals surface area contributed by atoms with Crippen LogP contribution < -0.4 is 9.34 Å². The Balaban J connectivity index is 1.88. The molecule has 0 aromatic heterocycles. The number of anilines is 2. The number of hydrogen-bond donors (Lipinski definition) is 1. The van der Waals surface area contributed by atoms with Crippen LogP contribution in [0, 0.1) is 41.5 Å². The fraction of sp³-hybridized carbons (Fsp3) is 0.250. The molecular formula is C32H35N2O2P. The largest absolute Gasteiger partial charge is 0.395 e. The van der Waals surface area contributed by atoms with Crippen LogP contribution in [0.15, 0.2) is 84.9 Å². The quantitative estimate of drug-likeness (QED) is 0.280. The predicted octanol–water partition coefficient (Wildman–Crippen LogP) is 8.45. The van der Waals surface area contributed by atoms with Crippen molar-refractivity contribution in [3.63, 3.8) is 0 Å². The topological polar surface area (TPSA) is 43.8 Å². The van der Waals surface area contributed by atoms with Gasteiger partial charge in [-0.2, -0.15) is 0 Å². The normalized spacial score (nSPS) is 18.9. The molecule has 0 saturated carbocycles. The van der Waals surface area contributed by atoms with Crippen LogP contribution >= 0.6 is 7.67 Å². The molecular weight excluding hydrogens is 475 g/mol. The first-order chi connectivity index (χ1) is 17.6. The number of benzene rings is 4. The van der Waals surface area contributed by atoms with Crippen molar-refractivity contribution in [3.05, 3.63) is 129 Å². The molecule has 1 fully saturated rings. The van der Waals surface area contributed by atoms with Crippen LogP contribution in [0.1, 0.15) is 56.6 Å². The lowest BCUT2D eigenvalue weighted by Crippen LogP contribution is -2.25. The van der Waals surface area contributed by atoms with E-state index in [0.717, 1.165) is 55.9 Å². The zero-order chi connectivity index (χ0) is 26.5. The molecule has 4 aromatic rings. The zero-order valence-corrected chi connectivity index (χ0v) is 23.3. The van der Waals surface area contributed by atoms with Crippen LogP contribution in [-0.4, -0.2) is 4.89 Å². The van der Waals surface area contributed by atoms with Gasteiger partial charge in [0.05, 0.1) is 23.5 Å². The highest BCUT2D eigenvalue weighted by Gasteiger charge is 2.57. The van der Waals surface area contributed by atoms with E-state index < -0.39 is 7.67 Å². The molecule has 190 valence electrons. The summed E-state index contributed by atoms with van der Waals surface area (Å²) in [5.41, 5.74) is 9.96. The molecule has 1 aliphatic heterocycles. The lowest BCUT2D eigenvalue weighted by atomic mass is 9.91. The van der Waals surface area contributed by atoms with E-state index in [2.05, 4.69) is 62.4 Å². The summed E-state index contributed by atoms with van der Waals surface area (Å²) >= 11 is 0. The van der Waals surface area contributed by atoms with Crippen LogP contribution in [0.5, 0.6) is 0 Å². The highest BCUT2D eigenvalue weighted by atomic mass is 31.2. The first kappa shape index (κ1) is 25.3. The fourth-order valence-corrected chi connectivity index (χ4v) is 8.78. The summed E-state index contributed by atoms with van der Waals surface area (Å²) in [6.07, 6.45) is 0. The minimum atomic E-state index is -4.12.